The standard InChI is InChI=1S/C26H25N3O2/c1-18-13-21(14-19(2)25(18)31-17-24-11-7-8-12-28-24)15-23(16-27)26(30)29-20(3)22-9-5-4-6-10-22/h4-15,20H,17H2,1-3H3,(H,29,30)/b23-15+. The molecule has 1 unspecified atom stereocenters. The third kappa shape index (κ3) is 5.80. The van der Waals surface area contributed by atoms with Crippen LogP contribution in [-0.4, -0.2) is 10.9 Å². The number of benzene rings is 2. The molecule has 0 saturated heterocycles. The Hall–Kier alpha value is -3.91. The third-order valence-corrected chi connectivity index (χ3v) is 4.90. The Bertz CT molecular complexity index is 1090. The highest BCUT2D eigenvalue weighted by molar-refractivity contribution is 6.01. The number of aryl methyl sites for hydroxylation is 2. The van der Waals surface area contributed by atoms with E-state index in [1.807, 2.05) is 87.5 Å². The lowest BCUT2D eigenvalue weighted by atomic mass is 10.0. The molecule has 0 bridgehead atoms. The summed E-state index contributed by atoms with van der Waals surface area (Å²) in [6.45, 7) is 6.16. The molecular weight excluding hydrogens is 386 g/mol. The van der Waals surface area contributed by atoms with Gasteiger partial charge in [0.05, 0.1) is 11.7 Å². The first kappa shape index (κ1) is 21.8. The summed E-state index contributed by atoms with van der Waals surface area (Å²) in [5.74, 6) is 0.382. The summed E-state index contributed by atoms with van der Waals surface area (Å²) in [7, 11) is 0. The van der Waals surface area contributed by atoms with E-state index in [-0.39, 0.29) is 11.6 Å². The van der Waals surface area contributed by atoms with Crippen LogP contribution < -0.4 is 10.1 Å². The molecule has 1 aromatic heterocycles. The largest absolute Gasteiger partial charge is 0.487 e. The van der Waals surface area contributed by atoms with E-state index in [0.29, 0.717) is 6.61 Å². The lowest BCUT2D eigenvalue weighted by molar-refractivity contribution is -0.117. The SMILES string of the molecule is Cc1cc(/C=C(\C#N)C(=O)NC(C)c2ccccc2)cc(C)c1OCc1ccccn1. The number of nitrogens with one attached hydrogen (secondary N) is 1. The summed E-state index contributed by atoms with van der Waals surface area (Å²) < 4.78 is 5.96. The molecular formula is C26H25N3O2. The predicted molar refractivity (Wildman–Crippen MR) is 121 cm³/mol. The van der Waals surface area contributed by atoms with Gasteiger partial charge >= 0.3 is 0 Å². The van der Waals surface area contributed by atoms with Gasteiger partial charge in [-0.15, -0.1) is 0 Å². The average molecular weight is 412 g/mol. The fourth-order valence-corrected chi connectivity index (χ4v) is 3.34. The zero-order valence-electron chi connectivity index (χ0n) is 17.9. The highest BCUT2D eigenvalue weighted by Gasteiger charge is 2.14. The summed E-state index contributed by atoms with van der Waals surface area (Å²) >= 11 is 0. The fourth-order valence-electron chi connectivity index (χ4n) is 3.34. The van der Waals surface area contributed by atoms with Gasteiger partial charge in [-0.1, -0.05) is 36.4 Å². The second kappa shape index (κ2) is 10.2. The number of ether oxygens (including phenoxy) is 1. The van der Waals surface area contributed by atoms with Crippen LogP contribution in [0, 0.1) is 25.2 Å². The summed E-state index contributed by atoms with van der Waals surface area (Å²) in [6.07, 6.45) is 3.34. The van der Waals surface area contributed by atoms with Crippen molar-refractivity contribution in [1.82, 2.24) is 10.3 Å². The van der Waals surface area contributed by atoms with Crippen LogP contribution in [0.3, 0.4) is 0 Å². The quantitative estimate of drug-likeness (QED) is 0.435. The van der Waals surface area contributed by atoms with E-state index in [1.165, 1.54) is 0 Å². The molecule has 5 nitrogen and oxygen atoms in total. The van der Waals surface area contributed by atoms with Crippen molar-refractivity contribution in [1.29, 1.82) is 5.26 Å². The molecule has 1 amide bonds. The first-order chi connectivity index (χ1) is 15.0. The number of amides is 1. The number of carbonyl (C=O) groups is 1. The van der Waals surface area contributed by atoms with Crippen molar-refractivity contribution in [2.75, 3.05) is 0 Å². The monoisotopic (exact) mass is 411 g/mol. The van der Waals surface area contributed by atoms with E-state index in [9.17, 15) is 10.1 Å². The molecule has 31 heavy (non-hydrogen) atoms. The highest BCUT2D eigenvalue weighted by Crippen LogP contribution is 2.27. The third-order valence-electron chi connectivity index (χ3n) is 4.90. The summed E-state index contributed by atoms with van der Waals surface area (Å²) in [5.41, 5.74) is 4.52. The maximum Gasteiger partial charge on any atom is 0.262 e. The van der Waals surface area contributed by atoms with Crippen molar-refractivity contribution >= 4 is 12.0 Å². The van der Waals surface area contributed by atoms with Gasteiger partial charge in [0.1, 0.15) is 24.0 Å². The van der Waals surface area contributed by atoms with Gasteiger partial charge in [-0.3, -0.25) is 9.78 Å². The Morgan fingerprint density at radius 3 is 2.42 bits per heavy atom. The maximum atomic E-state index is 12.6. The Labute approximate surface area is 183 Å². The zero-order valence-corrected chi connectivity index (χ0v) is 17.9. The zero-order chi connectivity index (χ0) is 22.2. The smallest absolute Gasteiger partial charge is 0.262 e. The van der Waals surface area contributed by atoms with Gasteiger partial charge in [0.25, 0.3) is 5.91 Å². The summed E-state index contributed by atoms with van der Waals surface area (Å²) in [6, 6.07) is 21.0. The maximum absolute atomic E-state index is 12.6. The normalized spacial score (nSPS) is 12.0. The molecule has 1 atom stereocenters. The van der Waals surface area contributed by atoms with E-state index in [2.05, 4.69) is 10.3 Å². The predicted octanol–water partition coefficient (Wildman–Crippen LogP) is 5.06. The van der Waals surface area contributed by atoms with Crippen molar-refractivity contribution in [3.05, 3.63) is 100 Å². The summed E-state index contributed by atoms with van der Waals surface area (Å²) in [5, 5.41) is 12.4. The number of nitriles is 1. The van der Waals surface area contributed by atoms with Gasteiger partial charge in [0.2, 0.25) is 0 Å². The van der Waals surface area contributed by atoms with Crippen molar-refractivity contribution < 1.29 is 9.53 Å². The number of pyridine rings is 1. The van der Waals surface area contributed by atoms with E-state index in [4.69, 9.17) is 4.74 Å². The van der Waals surface area contributed by atoms with Crippen LogP contribution in [0.15, 0.2) is 72.4 Å². The minimum atomic E-state index is -0.398. The Morgan fingerprint density at radius 1 is 1.13 bits per heavy atom. The van der Waals surface area contributed by atoms with Crippen LogP contribution in [0.2, 0.25) is 0 Å². The van der Waals surface area contributed by atoms with E-state index in [1.54, 1.807) is 12.3 Å². The molecule has 3 rings (SSSR count). The topological polar surface area (TPSA) is 75.0 Å². The molecule has 0 aliphatic heterocycles. The molecule has 1 N–H and O–H groups in total. The van der Waals surface area contributed by atoms with Gasteiger partial charge in [-0.05, 0) is 73.4 Å². The number of rotatable bonds is 7. The first-order valence-corrected chi connectivity index (χ1v) is 10.1. The lowest BCUT2D eigenvalue weighted by Crippen LogP contribution is -2.27. The summed E-state index contributed by atoms with van der Waals surface area (Å²) in [4.78, 5) is 16.9. The van der Waals surface area contributed by atoms with Crippen LogP contribution >= 0.6 is 0 Å². The second-order valence-corrected chi connectivity index (χ2v) is 7.37. The first-order valence-electron chi connectivity index (χ1n) is 10.1. The molecule has 0 aliphatic carbocycles. The molecule has 5 heteroatoms. The van der Waals surface area contributed by atoms with E-state index < -0.39 is 5.91 Å². The average Bonchev–Trinajstić information content (AvgIpc) is 2.78. The number of carbonyl (C=O) groups excluding carboxylic acids is 1. The van der Waals surface area contributed by atoms with Crippen LogP contribution in [0.5, 0.6) is 5.75 Å². The van der Waals surface area contributed by atoms with E-state index in [0.717, 1.165) is 33.7 Å². The van der Waals surface area contributed by atoms with Crippen molar-refractivity contribution in [2.45, 2.75) is 33.4 Å². The van der Waals surface area contributed by atoms with Crippen molar-refractivity contribution in [3.8, 4) is 11.8 Å². The molecule has 0 spiro atoms. The molecule has 0 fully saturated rings. The number of aromatic nitrogens is 1. The van der Waals surface area contributed by atoms with Gasteiger partial charge in [0.15, 0.2) is 0 Å². The van der Waals surface area contributed by atoms with Crippen LogP contribution in [0.25, 0.3) is 6.08 Å². The molecule has 2 aromatic carbocycles. The minimum Gasteiger partial charge on any atom is -0.487 e. The molecule has 0 saturated carbocycles. The number of hydrogen-bond donors (Lipinski definition) is 1. The van der Waals surface area contributed by atoms with Crippen molar-refractivity contribution in [3.63, 3.8) is 0 Å². The van der Waals surface area contributed by atoms with E-state index >= 15 is 0 Å². The van der Waals surface area contributed by atoms with Crippen LogP contribution in [0.1, 0.15) is 40.9 Å². The van der Waals surface area contributed by atoms with Gasteiger partial charge in [0, 0.05) is 6.20 Å². The van der Waals surface area contributed by atoms with Crippen LogP contribution in [-0.2, 0) is 11.4 Å². The molecule has 0 radical (unpaired) electrons. The Balaban J connectivity index is 1.74. The minimum absolute atomic E-state index is 0.0590. The fraction of sp³-hybridized carbons (Fsp3) is 0.192. The van der Waals surface area contributed by atoms with Gasteiger partial charge in [-0.2, -0.15) is 5.26 Å². The van der Waals surface area contributed by atoms with Crippen molar-refractivity contribution in [2.24, 2.45) is 0 Å². The van der Waals surface area contributed by atoms with Crippen LogP contribution in [0.4, 0.5) is 0 Å². The Kier molecular flexibility index (Phi) is 7.18. The Morgan fingerprint density at radius 2 is 1.81 bits per heavy atom. The highest BCUT2D eigenvalue weighted by atomic mass is 16.5. The van der Waals surface area contributed by atoms with Gasteiger partial charge in [-0.25, -0.2) is 0 Å². The molecule has 3 aromatic rings. The molecule has 0 aliphatic rings. The second-order valence-electron chi connectivity index (χ2n) is 7.37. The molecule has 156 valence electrons. The lowest BCUT2D eigenvalue weighted by Gasteiger charge is -2.14. The number of nitrogens with zero attached hydrogens (tertiary/aromatic N) is 2. The van der Waals surface area contributed by atoms with Gasteiger partial charge < -0.3 is 10.1 Å². The molecule has 1 heterocycles. The number of hydrogen-bond acceptors (Lipinski definition) is 4.